The molecule has 0 atom stereocenters. The minimum absolute atomic E-state index is 0.181. The van der Waals surface area contributed by atoms with Gasteiger partial charge in [0.1, 0.15) is 0 Å². The molecule has 8 nitrogen and oxygen atoms in total. The summed E-state index contributed by atoms with van der Waals surface area (Å²) in [5.74, 6) is 0.750. The van der Waals surface area contributed by atoms with Gasteiger partial charge in [0, 0.05) is 26.7 Å². The SMILES string of the molecule is CCn1cc(Nc2c([N+](=O)[O-])nc(C)n2C)cn1. The third-order valence-electron chi connectivity index (χ3n) is 2.69. The maximum Gasteiger partial charge on any atom is 0.407 e. The van der Waals surface area contributed by atoms with Crippen LogP contribution in [-0.4, -0.2) is 24.3 Å². The molecule has 0 amide bonds. The minimum atomic E-state index is -0.500. The van der Waals surface area contributed by atoms with Crippen molar-refractivity contribution in [2.24, 2.45) is 7.05 Å². The molecule has 1 N–H and O–H groups in total. The summed E-state index contributed by atoms with van der Waals surface area (Å²) in [6, 6.07) is 0. The maximum atomic E-state index is 10.9. The fraction of sp³-hybridized carbons (Fsp3) is 0.400. The average molecular weight is 250 g/mol. The summed E-state index contributed by atoms with van der Waals surface area (Å²) in [6.45, 7) is 4.43. The Bertz CT molecular complexity index is 585. The van der Waals surface area contributed by atoms with Crippen LogP contribution in [0, 0.1) is 17.0 Å². The molecule has 2 heterocycles. The first kappa shape index (κ1) is 12.1. The Kier molecular flexibility index (Phi) is 3.00. The highest BCUT2D eigenvalue weighted by atomic mass is 16.6. The maximum absolute atomic E-state index is 10.9. The average Bonchev–Trinajstić information content (AvgIpc) is 2.89. The van der Waals surface area contributed by atoms with E-state index in [1.54, 1.807) is 35.6 Å². The zero-order chi connectivity index (χ0) is 13.3. The fourth-order valence-electron chi connectivity index (χ4n) is 1.60. The molecular weight excluding hydrogens is 236 g/mol. The topological polar surface area (TPSA) is 90.8 Å². The van der Waals surface area contributed by atoms with Crippen molar-refractivity contribution in [1.29, 1.82) is 0 Å². The van der Waals surface area contributed by atoms with Crippen LogP contribution in [0.4, 0.5) is 17.3 Å². The van der Waals surface area contributed by atoms with Crippen molar-refractivity contribution in [2.45, 2.75) is 20.4 Å². The highest BCUT2D eigenvalue weighted by Crippen LogP contribution is 2.26. The van der Waals surface area contributed by atoms with E-state index in [1.807, 2.05) is 6.92 Å². The van der Waals surface area contributed by atoms with Gasteiger partial charge in [-0.1, -0.05) is 0 Å². The van der Waals surface area contributed by atoms with Crippen molar-refractivity contribution in [3.63, 3.8) is 0 Å². The standard InChI is InChI=1S/C10H14N6O2/c1-4-15-6-8(5-11-15)13-9-10(16(17)18)12-7(2)14(9)3/h5-6,13H,4H2,1-3H3. The van der Waals surface area contributed by atoms with E-state index >= 15 is 0 Å². The quantitative estimate of drug-likeness (QED) is 0.657. The molecule has 18 heavy (non-hydrogen) atoms. The summed E-state index contributed by atoms with van der Waals surface area (Å²) < 4.78 is 3.37. The van der Waals surface area contributed by atoms with E-state index < -0.39 is 4.92 Å². The van der Waals surface area contributed by atoms with Crippen molar-refractivity contribution in [3.05, 3.63) is 28.3 Å². The van der Waals surface area contributed by atoms with Crippen molar-refractivity contribution in [3.8, 4) is 0 Å². The van der Waals surface area contributed by atoms with Gasteiger partial charge in [-0.15, -0.1) is 0 Å². The Labute approximate surface area is 103 Å². The van der Waals surface area contributed by atoms with Gasteiger partial charge in [0.2, 0.25) is 11.6 Å². The number of nitro groups is 1. The minimum Gasteiger partial charge on any atom is -0.358 e. The van der Waals surface area contributed by atoms with Gasteiger partial charge in [0.25, 0.3) is 0 Å². The lowest BCUT2D eigenvalue weighted by molar-refractivity contribution is -0.388. The largest absolute Gasteiger partial charge is 0.407 e. The summed E-state index contributed by atoms with van der Waals surface area (Å²) in [5, 5.41) is 18.0. The van der Waals surface area contributed by atoms with Crippen LogP contribution in [0.2, 0.25) is 0 Å². The Balaban J connectivity index is 2.35. The van der Waals surface area contributed by atoms with Gasteiger partial charge in [-0.2, -0.15) is 5.10 Å². The number of nitrogens with one attached hydrogen (secondary N) is 1. The number of imidazole rings is 1. The summed E-state index contributed by atoms with van der Waals surface area (Å²) in [7, 11) is 1.72. The molecule has 2 aromatic rings. The zero-order valence-corrected chi connectivity index (χ0v) is 10.4. The molecule has 0 aliphatic heterocycles. The number of hydrogen-bond donors (Lipinski definition) is 1. The zero-order valence-electron chi connectivity index (χ0n) is 10.4. The molecule has 0 radical (unpaired) electrons. The second kappa shape index (κ2) is 4.47. The number of nitrogens with zero attached hydrogens (tertiary/aromatic N) is 5. The second-order valence-electron chi connectivity index (χ2n) is 3.86. The first-order valence-corrected chi connectivity index (χ1v) is 5.50. The highest BCUT2D eigenvalue weighted by molar-refractivity contribution is 5.63. The normalized spacial score (nSPS) is 10.6. The lowest BCUT2D eigenvalue weighted by atomic mass is 10.5. The lowest BCUT2D eigenvalue weighted by Crippen LogP contribution is -2.01. The van der Waals surface area contributed by atoms with Crippen molar-refractivity contribution < 1.29 is 4.92 Å². The van der Waals surface area contributed by atoms with Crippen LogP contribution >= 0.6 is 0 Å². The third kappa shape index (κ3) is 2.04. The second-order valence-corrected chi connectivity index (χ2v) is 3.86. The fourth-order valence-corrected chi connectivity index (χ4v) is 1.60. The van der Waals surface area contributed by atoms with Crippen molar-refractivity contribution in [1.82, 2.24) is 19.3 Å². The number of anilines is 2. The third-order valence-corrected chi connectivity index (χ3v) is 2.69. The first-order valence-electron chi connectivity index (χ1n) is 5.50. The van der Waals surface area contributed by atoms with Gasteiger partial charge < -0.3 is 15.4 Å². The molecule has 96 valence electrons. The molecule has 2 rings (SSSR count). The van der Waals surface area contributed by atoms with Gasteiger partial charge >= 0.3 is 5.82 Å². The van der Waals surface area contributed by atoms with Crippen molar-refractivity contribution in [2.75, 3.05) is 5.32 Å². The summed E-state index contributed by atoms with van der Waals surface area (Å²) in [5.41, 5.74) is 0.697. The Morgan fingerprint density at radius 2 is 2.28 bits per heavy atom. The van der Waals surface area contributed by atoms with Gasteiger partial charge in [-0.25, -0.2) is 0 Å². The molecule has 0 aromatic carbocycles. The Morgan fingerprint density at radius 3 is 2.83 bits per heavy atom. The molecule has 0 fully saturated rings. The summed E-state index contributed by atoms with van der Waals surface area (Å²) >= 11 is 0. The molecule has 8 heteroatoms. The van der Waals surface area contributed by atoms with Crippen LogP contribution in [0.5, 0.6) is 0 Å². The van der Waals surface area contributed by atoms with Crippen LogP contribution in [-0.2, 0) is 13.6 Å². The van der Waals surface area contributed by atoms with E-state index in [0.717, 1.165) is 6.54 Å². The first-order chi connectivity index (χ1) is 8.52. The predicted octanol–water partition coefficient (Wildman–Crippen LogP) is 1.60. The van der Waals surface area contributed by atoms with E-state index in [0.29, 0.717) is 17.3 Å². The van der Waals surface area contributed by atoms with E-state index in [-0.39, 0.29) is 5.82 Å². The van der Waals surface area contributed by atoms with E-state index in [9.17, 15) is 10.1 Å². The van der Waals surface area contributed by atoms with Gasteiger partial charge in [-0.3, -0.25) is 9.25 Å². The number of hydrogen-bond acceptors (Lipinski definition) is 5. The van der Waals surface area contributed by atoms with Crippen LogP contribution in [0.15, 0.2) is 12.4 Å². The molecule has 0 aliphatic rings. The molecule has 2 aromatic heterocycles. The molecular formula is C10H14N6O2. The number of rotatable bonds is 4. The number of aromatic nitrogens is 4. The van der Waals surface area contributed by atoms with E-state index in [1.165, 1.54) is 0 Å². The molecule has 0 aliphatic carbocycles. The summed E-state index contributed by atoms with van der Waals surface area (Å²) in [6.07, 6.45) is 3.40. The lowest BCUT2D eigenvalue weighted by Gasteiger charge is -2.03. The molecule has 0 saturated heterocycles. The van der Waals surface area contributed by atoms with E-state index in [2.05, 4.69) is 15.4 Å². The molecule has 0 spiro atoms. The Hall–Kier alpha value is -2.38. The van der Waals surface area contributed by atoms with Gasteiger partial charge in [0.15, 0.2) is 0 Å². The van der Waals surface area contributed by atoms with Crippen LogP contribution in [0.1, 0.15) is 12.7 Å². The van der Waals surface area contributed by atoms with Gasteiger partial charge in [-0.05, 0) is 16.8 Å². The van der Waals surface area contributed by atoms with E-state index in [4.69, 9.17) is 0 Å². The van der Waals surface area contributed by atoms with Gasteiger partial charge in [0.05, 0.1) is 11.9 Å². The predicted molar refractivity (Wildman–Crippen MR) is 65.8 cm³/mol. The smallest absolute Gasteiger partial charge is 0.358 e. The van der Waals surface area contributed by atoms with Crippen molar-refractivity contribution >= 4 is 17.3 Å². The Morgan fingerprint density at radius 1 is 1.56 bits per heavy atom. The summed E-state index contributed by atoms with van der Waals surface area (Å²) in [4.78, 5) is 14.3. The molecule has 0 unspecified atom stereocenters. The van der Waals surface area contributed by atoms with Crippen LogP contribution < -0.4 is 5.32 Å². The van der Waals surface area contributed by atoms with Crippen LogP contribution in [0.25, 0.3) is 0 Å². The highest BCUT2D eigenvalue weighted by Gasteiger charge is 2.23. The van der Waals surface area contributed by atoms with Crippen LogP contribution in [0.3, 0.4) is 0 Å². The monoisotopic (exact) mass is 250 g/mol. The molecule has 0 bridgehead atoms. The molecule has 0 saturated carbocycles. The number of aryl methyl sites for hydroxylation is 2.